The number of nitrogens with zero attached hydrogens (tertiary/aromatic N) is 2. The van der Waals surface area contributed by atoms with Crippen LogP contribution in [0.3, 0.4) is 0 Å². The van der Waals surface area contributed by atoms with Gasteiger partial charge in [-0.3, -0.25) is 0 Å². The Hall–Kier alpha value is -2.82. The Labute approximate surface area is 121 Å². The van der Waals surface area contributed by atoms with Crippen molar-refractivity contribution >= 4 is 5.69 Å². The van der Waals surface area contributed by atoms with E-state index in [9.17, 15) is 0 Å². The van der Waals surface area contributed by atoms with Crippen molar-refractivity contribution in [3.05, 3.63) is 60.0 Å². The Morgan fingerprint density at radius 2 is 2.00 bits per heavy atom. The van der Waals surface area contributed by atoms with Crippen molar-refractivity contribution in [1.29, 1.82) is 0 Å². The molecule has 0 radical (unpaired) electrons. The number of rotatable bonds is 2. The SMILES string of the molecule is Nc1cccc(-c2noc(C3Cc4ccccc4O3)n2)c1. The number of hydrogen-bond donors (Lipinski definition) is 1. The Morgan fingerprint density at radius 1 is 1.10 bits per heavy atom. The largest absolute Gasteiger partial charge is 0.480 e. The quantitative estimate of drug-likeness (QED) is 0.730. The van der Waals surface area contributed by atoms with E-state index in [1.165, 1.54) is 0 Å². The first-order valence-corrected chi connectivity index (χ1v) is 6.74. The average molecular weight is 279 g/mol. The first-order chi connectivity index (χ1) is 10.3. The topological polar surface area (TPSA) is 74.2 Å². The summed E-state index contributed by atoms with van der Waals surface area (Å²) in [7, 11) is 0. The molecule has 1 unspecified atom stereocenters. The van der Waals surface area contributed by atoms with Gasteiger partial charge in [0.2, 0.25) is 5.82 Å². The lowest BCUT2D eigenvalue weighted by atomic mass is 10.1. The fourth-order valence-electron chi connectivity index (χ4n) is 2.48. The number of nitrogen functional groups attached to an aromatic ring is 1. The molecule has 0 bridgehead atoms. The fraction of sp³-hybridized carbons (Fsp3) is 0.125. The summed E-state index contributed by atoms with van der Waals surface area (Å²) in [5, 5.41) is 4.01. The molecule has 0 spiro atoms. The monoisotopic (exact) mass is 279 g/mol. The number of nitrogens with two attached hydrogens (primary N) is 1. The molecule has 0 fully saturated rings. The number of aromatic nitrogens is 2. The lowest BCUT2D eigenvalue weighted by Gasteiger charge is -2.03. The van der Waals surface area contributed by atoms with Crippen LogP contribution in [0.15, 0.2) is 53.1 Å². The Bertz CT molecular complexity index is 772. The molecular weight excluding hydrogens is 266 g/mol. The molecule has 1 aliphatic rings. The molecule has 104 valence electrons. The molecule has 0 saturated carbocycles. The van der Waals surface area contributed by atoms with Gasteiger partial charge in [-0.1, -0.05) is 35.5 Å². The molecule has 3 aromatic rings. The van der Waals surface area contributed by atoms with Crippen LogP contribution >= 0.6 is 0 Å². The van der Waals surface area contributed by atoms with E-state index < -0.39 is 0 Å². The van der Waals surface area contributed by atoms with Gasteiger partial charge in [-0.2, -0.15) is 4.98 Å². The first kappa shape index (κ1) is 12.0. The van der Waals surface area contributed by atoms with E-state index >= 15 is 0 Å². The van der Waals surface area contributed by atoms with Gasteiger partial charge in [0.1, 0.15) is 5.75 Å². The van der Waals surface area contributed by atoms with Gasteiger partial charge < -0.3 is 15.0 Å². The van der Waals surface area contributed by atoms with E-state index in [-0.39, 0.29) is 6.10 Å². The third kappa shape index (κ3) is 2.12. The molecule has 0 saturated heterocycles. The number of benzene rings is 2. The van der Waals surface area contributed by atoms with E-state index in [1.54, 1.807) is 0 Å². The Balaban J connectivity index is 1.62. The van der Waals surface area contributed by atoms with Crippen LogP contribution in [0, 0.1) is 0 Å². The highest BCUT2D eigenvalue weighted by Gasteiger charge is 2.29. The highest BCUT2D eigenvalue weighted by Crippen LogP contribution is 2.36. The number of para-hydroxylation sites is 1. The van der Waals surface area contributed by atoms with Crippen LogP contribution in [0.4, 0.5) is 5.69 Å². The maximum Gasteiger partial charge on any atom is 0.268 e. The zero-order valence-electron chi connectivity index (χ0n) is 11.2. The van der Waals surface area contributed by atoms with Gasteiger partial charge in [-0.05, 0) is 23.8 Å². The highest BCUT2D eigenvalue weighted by molar-refractivity contribution is 5.60. The zero-order valence-corrected chi connectivity index (χ0v) is 11.2. The molecule has 1 atom stereocenters. The lowest BCUT2D eigenvalue weighted by Crippen LogP contribution is -2.03. The molecule has 4 rings (SSSR count). The molecule has 2 N–H and O–H groups in total. The van der Waals surface area contributed by atoms with Crippen LogP contribution in [0.2, 0.25) is 0 Å². The van der Waals surface area contributed by atoms with Gasteiger partial charge >= 0.3 is 0 Å². The Kier molecular flexibility index (Phi) is 2.64. The second-order valence-electron chi connectivity index (χ2n) is 5.00. The van der Waals surface area contributed by atoms with Crippen LogP contribution < -0.4 is 10.5 Å². The number of hydrogen-bond acceptors (Lipinski definition) is 5. The van der Waals surface area contributed by atoms with Gasteiger partial charge in [0.25, 0.3) is 5.89 Å². The van der Waals surface area contributed by atoms with E-state index in [0.717, 1.165) is 23.3 Å². The molecular formula is C16H13N3O2. The zero-order chi connectivity index (χ0) is 14.2. The van der Waals surface area contributed by atoms with Crippen molar-refractivity contribution in [3.8, 4) is 17.1 Å². The minimum absolute atomic E-state index is 0.218. The van der Waals surface area contributed by atoms with Crippen molar-refractivity contribution in [3.63, 3.8) is 0 Å². The molecule has 0 amide bonds. The van der Waals surface area contributed by atoms with Gasteiger partial charge in [-0.15, -0.1) is 0 Å². The summed E-state index contributed by atoms with van der Waals surface area (Å²) in [6.07, 6.45) is 0.527. The van der Waals surface area contributed by atoms with Crippen molar-refractivity contribution in [1.82, 2.24) is 10.1 Å². The van der Waals surface area contributed by atoms with Crippen LogP contribution in [0.1, 0.15) is 17.6 Å². The molecule has 1 aromatic heterocycles. The fourth-order valence-corrected chi connectivity index (χ4v) is 2.48. The third-order valence-corrected chi connectivity index (χ3v) is 3.51. The maximum absolute atomic E-state index is 5.84. The van der Waals surface area contributed by atoms with Crippen molar-refractivity contribution in [2.24, 2.45) is 0 Å². The molecule has 0 aliphatic carbocycles. The first-order valence-electron chi connectivity index (χ1n) is 6.74. The van der Waals surface area contributed by atoms with Gasteiger partial charge in [0.15, 0.2) is 6.10 Å². The second kappa shape index (κ2) is 4.63. The minimum atomic E-state index is -0.218. The second-order valence-corrected chi connectivity index (χ2v) is 5.00. The lowest BCUT2D eigenvalue weighted by molar-refractivity contribution is 0.183. The number of fused-ring (bicyclic) bond motifs is 1. The Morgan fingerprint density at radius 3 is 2.86 bits per heavy atom. The van der Waals surface area contributed by atoms with Gasteiger partial charge in [0, 0.05) is 17.7 Å². The van der Waals surface area contributed by atoms with Crippen LogP contribution in [0.25, 0.3) is 11.4 Å². The van der Waals surface area contributed by atoms with Crippen LogP contribution in [0.5, 0.6) is 5.75 Å². The van der Waals surface area contributed by atoms with Crippen molar-refractivity contribution < 1.29 is 9.26 Å². The normalized spacial score (nSPS) is 16.5. The van der Waals surface area contributed by atoms with Crippen molar-refractivity contribution in [2.75, 3.05) is 5.73 Å². The molecule has 1 aliphatic heterocycles. The van der Waals surface area contributed by atoms with Gasteiger partial charge in [0.05, 0.1) is 0 Å². The minimum Gasteiger partial charge on any atom is -0.480 e. The van der Waals surface area contributed by atoms with Crippen LogP contribution in [-0.2, 0) is 6.42 Å². The highest BCUT2D eigenvalue weighted by atomic mass is 16.5. The smallest absolute Gasteiger partial charge is 0.268 e. The van der Waals surface area contributed by atoms with E-state index in [4.69, 9.17) is 15.0 Å². The third-order valence-electron chi connectivity index (χ3n) is 3.51. The summed E-state index contributed by atoms with van der Waals surface area (Å²) in [6.45, 7) is 0. The summed E-state index contributed by atoms with van der Waals surface area (Å²) in [5.74, 6) is 1.90. The van der Waals surface area contributed by atoms with Crippen LogP contribution in [-0.4, -0.2) is 10.1 Å². The molecule has 5 heteroatoms. The molecule has 2 heterocycles. The predicted molar refractivity (Wildman–Crippen MR) is 77.7 cm³/mol. The standard InChI is InChI=1S/C16H13N3O2/c17-12-6-3-5-11(8-12)15-18-16(21-19-15)14-9-10-4-1-2-7-13(10)20-14/h1-8,14H,9,17H2. The average Bonchev–Trinajstić information content (AvgIpc) is 3.14. The maximum atomic E-state index is 5.84. The molecule has 5 nitrogen and oxygen atoms in total. The molecule has 21 heavy (non-hydrogen) atoms. The van der Waals surface area contributed by atoms with Gasteiger partial charge in [-0.25, -0.2) is 0 Å². The summed E-state index contributed by atoms with van der Waals surface area (Å²) < 4.78 is 11.2. The van der Waals surface area contributed by atoms with E-state index in [0.29, 0.717) is 17.4 Å². The summed E-state index contributed by atoms with van der Waals surface area (Å²) in [4.78, 5) is 4.43. The number of ether oxygens (including phenoxy) is 1. The van der Waals surface area contributed by atoms with E-state index in [2.05, 4.69) is 10.1 Å². The summed E-state index contributed by atoms with van der Waals surface area (Å²) >= 11 is 0. The summed E-state index contributed by atoms with van der Waals surface area (Å²) in [5.41, 5.74) is 8.43. The molecule has 2 aromatic carbocycles. The van der Waals surface area contributed by atoms with Crippen molar-refractivity contribution in [2.45, 2.75) is 12.5 Å². The predicted octanol–water partition coefficient (Wildman–Crippen LogP) is 3.00. The number of anilines is 1. The van der Waals surface area contributed by atoms with E-state index in [1.807, 2.05) is 48.5 Å². The summed E-state index contributed by atoms with van der Waals surface area (Å²) in [6, 6.07) is 15.3.